The van der Waals surface area contributed by atoms with Crippen molar-refractivity contribution in [2.75, 3.05) is 26.7 Å². The minimum absolute atomic E-state index is 0.0118. The maximum atomic E-state index is 12.3. The van der Waals surface area contributed by atoms with Gasteiger partial charge in [-0.15, -0.1) is 0 Å². The van der Waals surface area contributed by atoms with Crippen LogP contribution in [-0.4, -0.2) is 54.6 Å². The molecule has 2 aliphatic rings. The van der Waals surface area contributed by atoms with Crippen LogP contribution in [0, 0.1) is 5.41 Å². The summed E-state index contributed by atoms with van der Waals surface area (Å²) in [6.45, 7) is 5.46. The van der Waals surface area contributed by atoms with Gasteiger partial charge in [-0.05, 0) is 31.1 Å². The molecule has 108 valence electrons. The summed E-state index contributed by atoms with van der Waals surface area (Å²) in [4.78, 5) is 27.3. The lowest BCUT2D eigenvalue weighted by molar-refractivity contribution is -0.126. The fourth-order valence-electron chi connectivity index (χ4n) is 2.64. The van der Waals surface area contributed by atoms with Crippen molar-refractivity contribution < 1.29 is 14.3 Å². The van der Waals surface area contributed by atoms with Crippen molar-refractivity contribution in [3.8, 4) is 0 Å². The molecule has 0 N–H and O–H groups in total. The quantitative estimate of drug-likeness (QED) is 0.662. The largest absolute Gasteiger partial charge is 0.380 e. The molecule has 0 radical (unpaired) electrons. The standard InChI is InChI=1S/C14H24N2O3/c1-4-11(19-3)8-15-9-12(17)16(13(15)18)10-14(5-2)6-7-14/h11H,4-10H2,1-3H3. The van der Waals surface area contributed by atoms with Crippen molar-refractivity contribution in [3.05, 3.63) is 0 Å². The molecule has 0 bridgehead atoms. The van der Waals surface area contributed by atoms with E-state index >= 15 is 0 Å². The molecule has 19 heavy (non-hydrogen) atoms. The fraction of sp³-hybridized carbons (Fsp3) is 0.857. The second-order valence-electron chi connectivity index (χ2n) is 5.76. The summed E-state index contributed by atoms with van der Waals surface area (Å²) in [5.74, 6) is -0.0596. The molecule has 2 fully saturated rings. The lowest BCUT2D eigenvalue weighted by atomic mass is 10.0. The van der Waals surface area contributed by atoms with Crippen molar-refractivity contribution in [3.63, 3.8) is 0 Å². The molecule has 0 aromatic rings. The van der Waals surface area contributed by atoms with E-state index in [1.807, 2.05) is 6.92 Å². The van der Waals surface area contributed by atoms with E-state index in [1.165, 1.54) is 4.90 Å². The summed E-state index contributed by atoms with van der Waals surface area (Å²) in [7, 11) is 1.64. The van der Waals surface area contributed by atoms with Gasteiger partial charge in [-0.2, -0.15) is 0 Å². The number of hydrogen-bond donors (Lipinski definition) is 0. The lowest BCUT2D eigenvalue weighted by Crippen LogP contribution is -2.39. The van der Waals surface area contributed by atoms with Crippen molar-refractivity contribution in [1.82, 2.24) is 9.80 Å². The van der Waals surface area contributed by atoms with E-state index in [-0.39, 0.29) is 30.0 Å². The molecule has 1 saturated heterocycles. The van der Waals surface area contributed by atoms with Crippen LogP contribution in [0.5, 0.6) is 0 Å². The van der Waals surface area contributed by atoms with Gasteiger partial charge in [0.15, 0.2) is 0 Å². The van der Waals surface area contributed by atoms with Gasteiger partial charge in [0, 0.05) is 20.2 Å². The van der Waals surface area contributed by atoms with Crippen LogP contribution in [0.2, 0.25) is 0 Å². The molecule has 1 unspecified atom stereocenters. The highest BCUT2D eigenvalue weighted by atomic mass is 16.5. The van der Waals surface area contributed by atoms with Gasteiger partial charge in [0.05, 0.1) is 6.10 Å². The highest BCUT2D eigenvalue weighted by Gasteiger charge is 2.47. The Kier molecular flexibility index (Phi) is 4.13. The Balaban J connectivity index is 1.96. The summed E-state index contributed by atoms with van der Waals surface area (Å²) in [5, 5.41) is 0. The minimum atomic E-state index is -0.139. The summed E-state index contributed by atoms with van der Waals surface area (Å²) in [6.07, 6.45) is 4.16. The first kappa shape index (κ1) is 14.3. The molecule has 1 saturated carbocycles. The molecule has 5 heteroatoms. The van der Waals surface area contributed by atoms with Crippen molar-refractivity contribution in [2.45, 2.75) is 45.6 Å². The molecular weight excluding hydrogens is 244 g/mol. The molecule has 0 aromatic heterocycles. The topological polar surface area (TPSA) is 49.9 Å². The number of amides is 3. The maximum Gasteiger partial charge on any atom is 0.327 e. The average molecular weight is 268 g/mol. The minimum Gasteiger partial charge on any atom is -0.380 e. The predicted octanol–water partition coefficient (Wildman–Crippen LogP) is 1.87. The number of nitrogens with zero attached hydrogens (tertiary/aromatic N) is 2. The van der Waals surface area contributed by atoms with Crippen LogP contribution in [0.1, 0.15) is 39.5 Å². The average Bonchev–Trinajstić information content (AvgIpc) is 3.15. The van der Waals surface area contributed by atoms with Gasteiger partial charge < -0.3 is 9.64 Å². The highest BCUT2D eigenvalue weighted by molar-refractivity contribution is 6.02. The maximum absolute atomic E-state index is 12.3. The molecule has 1 aliphatic carbocycles. The third kappa shape index (κ3) is 2.91. The van der Waals surface area contributed by atoms with E-state index in [9.17, 15) is 9.59 Å². The van der Waals surface area contributed by atoms with E-state index in [1.54, 1.807) is 12.0 Å². The predicted molar refractivity (Wildman–Crippen MR) is 71.7 cm³/mol. The van der Waals surface area contributed by atoms with Crippen molar-refractivity contribution in [1.29, 1.82) is 0 Å². The number of urea groups is 1. The van der Waals surface area contributed by atoms with Crippen LogP contribution < -0.4 is 0 Å². The molecule has 1 aliphatic heterocycles. The van der Waals surface area contributed by atoms with Crippen LogP contribution in [0.15, 0.2) is 0 Å². The molecule has 3 amide bonds. The number of ether oxygens (including phenoxy) is 1. The first-order chi connectivity index (χ1) is 9.05. The monoisotopic (exact) mass is 268 g/mol. The van der Waals surface area contributed by atoms with Crippen LogP contribution >= 0.6 is 0 Å². The number of imide groups is 1. The van der Waals surface area contributed by atoms with Crippen LogP contribution in [0.25, 0.3) is 0 Å². The first-order valence-electron chi connectivity index (χ1n) is 7.17. The summed E-state index contributed by atoms with van der Waals surface area (Å²) in [6, 6.07) is -0.139. The molecule has 5 nitrogen and oxygen atoms in total. The second-order valence-corrected chi connectivity index (χ2v) is 5.76. The van der Waals surface area contributed by atoms with Gasteiger partial charge in [-0.1, -0.05) is 13.8 Å². The summed E-state index contributed by atoms with van der Waals surface area (Å²) < 4.78 is 5.29. The Morgan fingerprint density at radius 1 is 1.32 bits per heavy atom. The van der Waals surface area contributed by atoms with E-state index in [0.717, 1.165) is 25.7 Å². The number of carbonyl (C=O) groups excluding carboxylic acids is 2. The van der Waals surface area contributed by atoms with Crippen LogP contribution in [0.4, 0.5) is 4.79 Å². The third-order valence-corrected chi connectivity index (χ3v) is 4.54. The zero-order chi connectivity index (χ0) is 14.0. The van der Waals surface area contributed by atoms with Gasteiger partial charge in [0.25, 0.3) is 0 Å². The number of carbonyl (C=O) groups is 2. The molecular formula is C14H24N2O3. The molecule has 0 aromatic carbocycles. The molecule has 1 heterocycles. The molecule has 2 rings (SSSR count). The fourth-order valence-corrected chi connectivity index (χ4v) is 2.64. The third-order valence-electron chi connectivity index (χ3n) is 4.54. The van der Waals surface area contributed by atoms with E-state index in [0.29, 0.717) is 13.1 Å². The van der Waals surface area contributed by atoms with E-state index in [2.05, 4.69) is 6.92 Å². The van der Waals surface area contributed by atoms with Crippen molar-refractivity contribution >= 4 is 11.9 Å². The number of methoxy groups -OCH3 is 1. The highest BCUT2D eigenvalue weighted by Crippen LogP contribution is 2.49. The smallest absolute Gasteiger partial charge is 0.327 e. The summed E-state index contributed by atoms with van der Waals surface area (Å²) in [5.41, 5.74) is 0.215. The molecule has 0 spiro atoms. The van der Waals surface area contributed by atoms with Crippen LogP contribution in [-0.2, 0) is 9.53 Å². The SMILES string of the molecule is CCC(CN1CC(=O)N(CC2(CC)CC2)C1=O)OC. The molecule has 1 atom stereocenters. The van der Waals surface area contributed by atoms with Gasteiger partial charge >= 0.3 is 6.03 Å². The van der Waals surface area contributed by atoms with E-state index in [4.69, 9.17) is 4.74 Å². The van der Waals surface area contributed by atoms with Gasteiger partial charge in [-0.25, -0.2) is 4.79 Å². The Morgan fingerprint density at radius 2 is 2.00 bits per heavy atom. The zero-order valence-corrected chi connectivity index (χ0v) is 12.1. The first-order valence-corrected chi connectivity index (χ1v) is 7.17. The van der Waals surface area contributed by atoms with Gasteiger partial charge in [0.1, 0.15) is 6.54 Å². The Hall–Kier alpha value is -1.10. The number of rotatable bonds is 7. The Morgan fingerprint density at radius 3 is 2.47 bits per heavy atom. The summed E-state index contributed by atoms with van der Waals surface area (Å²) >= 11 is 0. The van der Waals surface area contributed by atoms with Crippen molar-refractivity contribution in [2.24, 2.45) is 5.41 Å². The van der Waals surface area contributed by atoms with E-state index < -0.39 is 0 Å². The zero-order valence-electron chi connectivity index (χ0n) is 12.1. The van der Waals surface area contributed by atoms with Gasteiger partial charge in [-0.3, -0.25) is 9.69 Å². The van der Waals surface area contributed by atoms with Crippen LogP contribution in [0.3, 0.4) is 0 Å². The Labute approximate surface area is 114 Å². The normalized spacial score (nSPS) is 23.1. The Bertz CT molecular complexity index is 362. The number of hydrogen-bond acceptors (Lipinski definition) is 3. The lowest BCUT2D eigenvalue weighted by Gasteiger charge is -2.23. The second kappa shape index (κ2) is 5.49. The van der Waals surface area contributed by atoms with Gasteiger partial charge in [0.2, 0.25) is 5.91 Å².